The predicted octanol–water partition coefficient (Wildman–Crippen LogP) is 5.56. The molecule has 0 spiro atoms. The summed E-state index contributed by atoms with van der Waals surface area (Å²) < 4.78 is 13.1. The zero-order valence-corrected chi connectivity index (χ0v) is 14.7. The van der Waals surface area contributed by atoms with Crippen LogP contribution >= 0.6 is 0 Å². The summed E-state index contributed by atoms with van der Waals surface area (Å²) in [6.07, 6.45) is 15.0. The second kappa shape index (κ2) is 8.55. The van der Waals surface area contributed by atoms with Crippen LogP contribution in [-0.2, 0) is 8.85 Å². The zero-order valence-electron chi connectivity index (χ0n) is 13.7. The van der Waals surface area contributed by atoms with E-state index in [1.165, 1.54) is 64.2 Å². The molecule has 2 fully saturated rings. The van der Waals surface area contributed by atoms with Crippen LogP contribution in [0.15, 0.2) is 0 Å². The Hall–Kier alpha value is 0.137. The van der Waals surface area contributed by atoms with Gasteiger partial charge in [-0.2, -0.15) is 0 Å². The van der Waals surface area contributed by atoms with Crippen molar-refractivity contribution in [3.63, 3.8) is 0 Å². The molecule has 0 unspecified atom stereocenters. The van der Waals surface area contributed by atoms with E-state index in [-0.39, 0.29) is 0 Å². The van der Waals surface area contributed by atoms with E-state index >= 15 is 0 Å². The van der Waals surface area contributed by atoms with Gasteiger partial charge in [-0.25, -0.2) is 0 Å². The van der Waals surface area contributed by atoms with Crippen molar-refractivity contribution in [2.24, 2.45) is 0 Å². The maximum atomic E-state index is 6.61. The van der Waals surface area contributed by atoms with Gasteiger partial charge in [0.15, 0.2) is 0 Å². The number of hydrogen-bond donors (Lipinski definition) is 0. The summed E-state index contributed by atoms with van der Waals surface area (Å²) in [6, 6.07) is 0. The van der Waals surface area contributed by atoms with Crippen molar-refractivity contribution in [2.45, 2.75) is 95.6 Å². The molecule has 2 saturated carbocycles. The van der Waals surface area contributed by atoms with Crippen molar-refractivity contribution in [2.75, 3.05) is 13.2 Å². The summed E-state index contributed by atoms with van der Waals surface area (Å²) in [4.78, 5) is 0. The Morgan fingerprint density at radius 2 is 1.25 bits per heavy atom. The van der Waals surface area contributed by atoms with Gasteiger partial charge >= 0.3 is 8.56 Å². The lowest BCUT2D eigenvalue weighted by Crippen LogP contribution is -2.52. The molecule has 0 saturated heterocycles. The molecule has 2 aliphatic carbocycles. The second-order valence-electron chi connectivity index (χ2n) is 6.67. The lowest BCUT2D eigenvalue weighted by atomic mass is 9.99. The molecule has 0 aromatic heterocycles. The highest BCUT2D eigenvalue weighted by atomic mass is 28.4. The first-order chi connectivity index (χ1) is 9.83. The van der Waals surface area contributed by atoms with Gasteiger partial charge < -0.3 is 8.85 Å². The molecule has 0 radical (unpaired) electrons. The summed E-state index contributed by atoms with van der Waals surface area (Å²) in [6.45, 7) is 6.16. The first-order valence-electron chi connectivity index (χ1n) is 9.11. The van der Waals surface area contributed by atoms with E-state index < -0.39 is 8.56 Å². The highest BCUT2D eigenvalue weighted by Gasteiger charge is 2.52. The predicted molar refractivity (Wildman–Crippen MR) is 87.3 cm³/mol. The normalized spacial score (nSPS) is 23.1. The highest BCUT2D eigenvalue weighted by Crippen LogP contribution is 2.49. The van der Waals surface area contributed by atoms with Crippen LogP contribution in [0.4, 0.5) is 0 Å². The lowest BCUT2D eigenvalue weighted by molar-refractivity contribution is 0.140. The fourth-order valence-corrected chi connectivity index (χ4v) is 9.44. The lowest BCUT2D eigenvalue weighted by Gasteiger charge is -2.45. The molecule has 0 aliphatic heterocycles. The Bertz CT molecular complexity index is 240. The molecule has 118 valence electrons. The van der Waals surface area contributed by atoms with Crippen molar-refractivity contribution >= 4 is 8.56 Å². The Morgan fingerprint density at radius 1 is 0.750 bits per heavy atom. The fraction of sp³-hybridized carbons (Fsp3) is 1.00. The first kappa shape index (κ1) is 16.5. The monoisotopic (exact) mass is 298 g/mol. The van der Waals surface area contributed by atoms with Crippen molar-refractivity contribution in [3.8, 4) is 0 Å². The third kappa shape index (κ3) is 3.86. The van der Waals surface area contributed by atoms with Crippen LogP contribution in [-0.4, -0.2) is 21.8 Å². The Balaban J connectivity index is 2.16. The van der Waals surface area contributed by atoms with Gasteiger partial charge in [0.1, 0.15) is 0 Å². The molecule has 2 rings (SSSR count). The molecule has 0 aromatic rings. The topological polar surface area (TPSA) is 18.5 Å². The highest BCUT2D eigenvalue weighted by molar-refractivity contribution is 6.70. The van der Waals surface area contributed by atoms with Crippen LogP contribution in [0.5, 0.6) is 0 Å². The molecule has 20 heavy (non-hydrogen) atoms. The van der Waals surface area contributed by atoms with Gasteiger partial charge in [-0.15, -0.1) is 0 Å². The smallest absolute Gasteiger partial charge is 0.344 e. The van der Waals surface area contributed by atoms with Crippen LogP contribution in [0.1, 0.15) is 84.5 Å². The minimum absolute atomic E-state index is 0.769. The summed E-state index contributed by atoms with van der Waals surface area (Å²) in [5.41, 5.74) is 1.54. The summed E-state index contributed by atoms with van der Waals surface area (Å²) >= 11 is 0. The van der Waals surface area contributed by atoms with E-state index in [0.717, 1.165) is 30.7 Å². The van der Waals surface area contributed by atoms with E-state index in [4.69, 9.17) is 8.85 Å². The van der Waals surface area contributed by atoms with Gasteiger partial charge in [-0.05, 0) is 39.0 Å². The van der Waals surface area contributed by atoms with Crippen LogP contribution < -0.4 is 0 Å². The summed E-state index contributed by atoms with van der Waals surface area (Å²) in [7, 11) is -2.01. The first-order valence-corrected chi connectivity index (χ1v) is 11.1. The molecule has 0 bridgehead atoms. The van der Waals surface area contributed by atoms with Gasteiger partial charge in [-0.1, -0.05) is 45.4 Å². The average Bonchev–Trinajstić information content (AvgIpc) is 2.53. The van der Waals surface area contributed by atoms with Crippen molar-refractivity contribution < 1.29 is 8.85 Å². The molecular weight excluding hydrogens is 264 g/mol. The third-order valence-electron chi connectivity index (χ3n) is 5.25. The number of hydrogen-bond acceptors (Lipinski definition) is 2. The summed E-state index contributed by atoms with van der Waals surface area (Å²) in [5, 5.41) is 0. The quantitative estimate of drug-likeness (QED) is 0.573. The van der Waals surface area contributed by atoms with E-state index in [2.05, 4.69) is 13.8 Å². The Kier molecular flexibility index (Phi) is 7.06. The molecule has 2 aliphatic rings. The van der Waals surface area contributed by atoms with Gasteiger partial charge in [0.05, 0.1) is 0 Å². The number of rotatable bonds is 7. The second-order valence-corrected chi connectivity index (χ2v) is 10.3. The molecule has 2 nitrogen and oxygen atoms in total. The third-order valence-corrected chi connectivity index (χ3v) is 10.1. The molecule has 0 heterocycles. The largest absolute Gasteiger partial charge is 0.394 e. The summed E-state index contributed by atoms with van der Waals surface area (Å²) in [5.74, 6) is 0. The van der Waals surface area contributed by atoms with Crippen LogP contribution in [0.2, 0.25) is 11.1 Å². The van der Waals surface area contributed by atoms with Crippen molar-refractivity contribution in [3.05, 3.63) is 0 Å². The average molecular weight is 299 g/mol. The van der Waals surface area contributed by atoms with Crippen LogP contribution in [0, 0.1) is 0 Å². The van der Waals surface area contributed by atoms with Crippen molar-refractivity contribution in [1.29, 1.82) is 0 Å². The van der Waals surface area contributed by atoms with Gasteiger partial charge in [0, 0.05) is 24.3 Å². The fourth-order valence-electron chi connectivity index (χ4n) is 4.34. The minimum Gasteiger partial charge on any atom is -0.394 e. The molecule has 0 aromatic carbocycles. The van der Waals surface area contributed by atoms with E-state index in [9.17, 15) is 0 Å². The molecule has 0 amide bonds. The van der Waals surface area contributed by atoms with E-state index in [0.29, 0.717) is 0 Å². The zero-order chi connectivity index (χ0) is 14.3. The Morgan fingerprint density at radius 3 is 1.65 bits per heavy atom. The van der Waals surface area contributed by atoms with Gasteiger partial charge in [0.2, 0.25) is 0 Å². The molecule has 0 N–H and O–H groups in total. The van der Waals surface area contributed by atoms with Gasteiger partial charge in [-0.3, -0.25) is 0 Å². The van der Waals surface area contributed by atoms with E-state index in [1.54, 1.807) is 0 Å². The maximum absolute atomic E-state index is 6.61. The van der Waals surface area contributed by atoms with Crippen LogP contribution in [0.25, 0.3) is 0 Å². The standard InChI is InChI=1S/C17H34O2Si/c1-3-15-19-20(18-4-2,16-11-7-5-8-12-16)17-13-9-6-10-14-17/h16-17H,3-15H2,1-2H3. The van der Waals surface area contributed by atoms with E-state index in [1.807, 2.05) is 0 Å². The molecular formula is C17H34O2Si. The van der Waals surface area contributed by atoms with Crippen molar-refractivity contribution in [1.82, 2.24) is 0 Å². The minimum atomic E-state index is -2.01. The Labute approximate surface area is 126 Å². The molecule has 3 heteroatoms. The SMILES string of the molecule is CCCO[Si](OCC)(C1CCCCC1)C1CCCCC1. The maximum Gasteiger partial charge on any atom is 0.344 e. The van der Waals surface area contributed by atoms with Crippen LogP contribution in [0.3, 0.4) is 0 Å². The van der Waals surface area contributed by atoms with Gasteiger partial charge in [0.25, 0.3) is 0 Å². The molecule has 0 atom stereocenters.